The maximum absolute atomic E-state index is 13.3. The summed E-state index contributed by atoms with van der Waals surface area (Å²) in [6.07, 6.45) is 6.14. The molecule has 202 valence electrons. The van der Waals surface area contributed by atoms with Crippen LogP contribution in [0.3, 0.4) is 0 Å². The lowest BCUT2D eigenvalue weighted by atomic mass is 9.83. The highest BCUT2D eigenvalue weighted by atomic mass is 32.2. The Morgan fingerprint density at radius 1 is 0.850 bits per heavy atom. The lowest BCUT2D eigenvalue weighted by Crippen LogP contribution is -2.47. The minimum Gasteiger partial charge on any atom is -0.369 e. The predicted octanol–water partition coefficient (Wildman–Crippen LogP) is 5.09. The SMILES string of the molecule is CSc1ccccc1NC(=O)c1ccc(N2CC3CC(C2)c2cccc(=O)n2C3)c(NC(=O)c2ccncc2)c1. The van der Waals surface area contributed by atoms with Crippen molar-refractivity contribution < 1.29 is 9.59 Å². The molecule has 0 saturated carbocycles. The van der Waals surface area contributed by atoms with E-state index in [1.165, 1.54) is 0 Å². The number of pyridine rings is 2. The summed E-state index contributed by atoms with van der Waals surface area (Å²) < 4.78 is 1.90. The van der Waals surface area contributed by atoms with Crippen LogP contribution in [0.1, 0.15) is 38.7 Å². The van der Waals surface area contributed by atoms with Crippen molar-refractivity contribution in [1.29, 1.82) is 0 Å². The van der Waals surface area contributed by atoms with Crippen LogP contribution in [0, 0.1) is 5.92 Å². The van der Waals surface area contributed by atoms with Crippen LogP contribution in [0.5, 0.6) is 0 Å². The van der Waals surface area contributed by atoms with Crippen LogP contribution < -0.4 is 21.1 Å². The number of anilines is 3. The molecule has 2 bridgehead atoms. The summed E-state index contributed by atoms with van der Waals surface area (Å²) in [7, 11) is 0. The minimum absolute atomic E-state index is 0.0457. The number of rotatable bonds is 6. The van der Waals surface area contributed by atoms with Gasteiger partial charge in [-0.15, -0.1) is 11.8 Å². The van der Waals surface area contributed by atoms with E-state index in [2.05, 4.69) is 20.5 Å². The third-order valence-electron chi connectivity index (χ3n) is 7.63. The molecule has 4 aromatic rings. The maximum atomic E-state index is 13.3. The van der Waals surface area contributed by atoms with Crippen molar-refractivity contribution in [3.8, 4) is 0 Å². The predicted molar refractivity (Wildman–Crippen MR) is 159 cm³/mol. The second-order valence-corrected chi connectivity index (χ2v) is 11.0. The van der Waals surface area contributed by atoms with Gasteiger partial charge in [-0.3, -0.25) is 19.4 Å². The smallest absolute Gasteiger partial charge is 0.255 e. The number of para-hydroxylation sites is 1. The normalized spacial score (nSPS) is 17.6. The van der Waals surface area contributed by atoms with Crippen LogP contribution in [-0.4, -0.2) is 40.7 Å². The molecular formula is C31H29N5O3S. The zero-order chi connectivity index (χ0) is 27.6. The lowest BCUT2D eigenvalue weighted by Gasteiger charge is -2.44. The molecular weight excluding hydrogens is 522 g/mol. The Bertz CT molecular complexity index is 1640. The number of nitrogens with one attached hydrogen (secondary N) is 2. The number of benzene rings is 2. The fourth-order valence-electron chi connectivity index (χ4n) is 5.79. The molecule has 6 rings (SSSR count). The van der Waals surface area contributed by atoms with E-state index in [1.807, 2.05) is 53.3 Å². The average Bonchev–Trinajstić information content (AvgIpc) is 2.98. The summed E-state index contributed by atoms with van der Waals surface area (Å²) in [4.78, 5) is 46.3. The van der Waals surface area contributed by atoms with Gasteiger partial charge in [-0.25, -0.2) is 0 Å². The zero-order valence-corrected chi connectivity index (χ0v) is 22.9. The quantitative estimate of drug-likeness (QED) is 0.324. The number of piperidine rings is 1. The molecule has 2 aliphatic heterocycles. The Balaban J connectivity index is 1.33. The van der Waals surface area contributed by atoms with Gasteiger partial charge in [0.15, 0.2) is 0 Å². The van der Waals surface area contributed by atoms with E-state index in [9.17, 15) is 14.4 Å². The van der Waals surface area contributed by atoms with Crippen molar-refractivity contribution in [2.45, 2.75) is 23.8 Å². The Labute approximate surface area is 236 Å². The van der Waals surface area contributed by atoms with E-state index < -0.39 is 0 Å². The first-order valence-corrected chi connectivity index (χ1v) is 14.5. The van der Waals surface area contributed by atoms with Gasteiger partial charge < -0.3 is 20.1 Å². The fourth-order valence-corrected chi connectivity index (χ4v) is 6.34. The first kappa shape index (κ1) is 25.9. The number of hydrogen-bond donors (Lipinski definition) is 2. The molecule has 2 aromatic heterocycles. The molecule has 1 saturated heterocycles. The van der Waals surface area contributed by atoms with Crippen LogP contribution in [0.2, 0.25) is 0 Å². The molecule has 2 atom stereocenters. The van der Waals surface area contributed by atoms with Gasteiger partial charge in [-0.2, -0.15) is 0 Å². The number of carbonyl (C=O) groups excluding carboxylic acids is 2. The van der Waals surface area contributed by atoms with E-state index in [0.29, 0.717) is 35.8 Å². The standard InChI is InChI=1S/C31H29N5O3S/c1-40-28-7-3-2-5-24(28)33-31(39)22-9-10-27(25(16-22)34-30(38)21-11-13-32-14-12-21)35-17-20-15-23(19-35)26-6-4-8-29(37)36(26)18-20/h2-14,16,20,23H,15,17-19H2,1H3,(H,33,39)(H,34,38). The summed E-state index contributed by atoms with van der Waals surface area (Å²) in [6, 6.07) is 21.9. The van der Waals surface area contributed by atoms with Gasteiger partial charge in [0.2, 0.25) is 0 Å². The Kier molecular flexibility index (Phi) is 7.13. The topological polar surface area (TPSA) is 96.3 Å². The number of hydrogen-bond acceptors (Lipinski definition) is 6. The van der Waals surface area contributed by atoms with Crippen molar-refractivity contribution in [2.24, 2.45) is 5.92 Å². The largest absolute Gasteiger partial charge is 0.369 e. The second-order valence-electron chi connectivity index (χ2n) is 10.2. The first-order chi connectivity index (χ1) is 19.5. The number of thioether (sulfide) groups is 1. The molecule has 9 heteroatoms. The van der Waals surface area contributed by atoms with Crippen molar-refractivity contribution in [1.82, 2.24) is 9.55 Å². The molecule has 8 nitrogen and oxygen atoms in total. The summed E-state index contributed by atoms with van der Waals surface area (Å²) in [6.45, 7) is 2.14. The van der Waals surface area contributed by atoms with Gasteiger partial charge >= 0.3 is 0 Å². The van der Waals surface area contributed by atoms with Gasteiger partial charge in [0, 0.05) is 65.7 Å². The molecule has 40 heavy (non-hydrogen) atoms. The van der Waals surface area contributed by atoms with Crippen LogP contribution in [0.4, 0.5) is 17.1 Å². The van der Waals surface area contributed by atoms with Gasteiger partial charge in [0.25, 0.3) is 17.4 Å². The number of fused-ring (bicyclic) bond motifs is 4. The molecule has 1 fully saturated rings. The number of amides is 2. The van der Waals surface area contributed by atoms with E-state index in [-0.39, 0.29) is 23.3 Å². The van der Waals surface area contributed by atoms with Crippen LogP contribution in [-0.2, 0) is 6.54 Å². The molecule has 2 aliphatic rings. The molecule has 0 radical (unpaired) electrons. The average molecular weight is 552 g/mol. The highest BCUT2D eigenvalue weighted by Crippen LogP contribution is 2.39. The van der Waals surface area contributed by atoms with Gasteiger partial charge in [0.05, 0.1) is 17.1 Å². The molecule has 4 heterocycles. The highest BCUT2D eigenvalue weighted by molar-refractivity contribution is 7.98. The lowest BCUT2D eigenvalue weighted by molar-refractivity contribution is 0.101. The Hall–Kier alpha value is -4.37. The summed E-state index contributed by atoms with van der Waals surface area (Å²) in [5, 5.41) is 6.06. The molecule has 2 N–H and O–H groups in total. The summed E-state index contributed by atoms with van der Waals surface area (Å²) in [5.41, 5.74) is 4.18. The molecule has 0 spiro atoms. The number of carbonyl (C=O) groups is 2. The van der Waals surface area contributed by atoms with Crippen molar-refractivity contribution in [3.05, 3.63) is 112 Å². The summed E-state index contributed by atoms with van der Waals surface area (Å²) in [5.74, 6) is -0.0170. The van der Waals surface area contributed by atoms with E-state index in [4.69, 9.17) is 0 Å². The Morgan fingerprint density at radius 3 is 2.45 bits per heavy atom. The Morgan fingerprint density at radius 2 is 1.62 bits per heavy atom. The minimum atomic E-state index is -0.275. The number of aromatic nitrogens is 2. The van der Waals surface area contributed by atoms with Gasteiger partial charge in [-0.1, -0.05) is 18.2 Å². The van der Waals surface area contributed by atoms with E-state index >= 15 is 0 Å². The van der Waals surface area contributed by atoms with Crippen LogP contribution in [0.15, 0.2) is 94.9 Å². The molecule has 0 aliphatic carbocycles. The molecule has 2 amide bonds. The van der Waals surface area contributed by atoms with Gasteiger partial charge in [-0.05, 0) is 67.1 Å². The molecule has 2 aromatic carbocycles. The number of nitrogens with zero attached hydrogens (tertiary/aromatic N) is 3. The first-order valence-electron chi connectivity index (χ1n) is 13.2. The fraction of sp³-hybridized carbons (Fsp3) is 0.226. The van der Waals surface area contributed by atoms with E-state index in [1.54, 1.807) is 54.5 Å². The van der Waals surface area contributed by atoms with Gasteiger partial charge in [0.1, 0.15) is 0 Å². The van der Waals surface area contributed by atoms with Crippen molar-refractivity contribution in [3.63, 3.8) is 0 Å². The van der Waals surface area contributed by atoms with Crippen molar-refractivity contribution >= 4 is 40.6 Å². The zero-order valence-electron chi connectivity index (χ0n) is 22.0. The van der Waals surface area contributed by atoms with Crippen molar-refractivity contribution in [2.75, 3.05) is 34.9 Å². The maximum Gasteiger partial charge on any atom is 0.255 e. The van der Waals surface area contributed by atoms with E-state index in [0.717, 1.165) is 34.9 Å². The second kappa shape index (κ2) is 11.0. The summed E-state index contributed by atoms with van der Waals surface area (Å²) >= 11 is 1.56. The monoisotopic (exact) mass is 551 g/mol. The van der Waals surface area contributed by atoms with Crippen LogP contribution in [0.25, 0.3) is 0 Å². The molecule has 2 unspecified atom stereocenters. The van der Waals surface area contributed by atoms with Crippen LogP contribution >= 0.6 is 11.8 Å². The highest BCUT2D eigenvalue weighted by Gasteiger charge is 2.35. The third kappa shape index (κ3) is 5.12. The third-order valence-corrected chi connectivity index (χ3v) is 8.42.